The van der Waals surface area contributed by atoms with Crippen molar-refractivity contribution in [2.75, 3.05) is 6.54 Å². The number of carboxylic acids is 1. The molecule has 112 valence electrons. The molecule has 2 unspecified atom stereocenters. The lowest BCUT2D eigenvalue weighted by atomic mass is 10.1. The van der Waals surface area contributed by atoms with Crippen LogP contribution in [0.15, 0.2) is 18.2 Å². The Morgan fingerprint density at radius 1 is 1.38 bits per heavy atom. The highest BCUT2D eigenvalue weighted by molar-refractivity contribution is 6.31. The highest BCUT2D eigenvalue weighted by Crippen LogP contribution is 2.51. The largest absolute Gasteiger partial charge is 0.480 e. The van der Waals surface area contributed by atoms with E-state index in [1.54, 1.807) is 6.07 Å². The number of aliphatic carboxylic acids is 1. The van der Waals surface area contributed by atoms with Crippen LogP contribution >= 0.6 is 11.6 Å². The monoisotopic (exact) mass is 311 g/mol. The zero-order valence-corrected chi connectivity index (χ0v) is 12.0. The fraction of sp³-hybridized carbons (Fsp3) is 0.467. The Bertz CT molecular complexity index is 586. The number of hydrogen-bond donors (Lipinski definition) is 1. The number of rotatable bonds is 3. The van der Waals surface area contributed by atoms with Crippen molar-refractivity contribution in [3.05, 3.63) is 34.6 Å². The van der Waals surface area contributed by atoms with Gasteiger partial charge in [0.25, 0.3) is 0 Å². The van der Waals surface area contributed by atoms with Gasteiger partial charge in [-0.1, -0.05) is 17.7 Å². The molecular formula is C15H15ClFNO3. The van der Waals surface area contributed by atoms with E-state index in [1.165, 1.54) is 17.0 Å². The van der Waals surface area contributed by atoms with Crippen LogP contribution in [0.2, 0.25) is 5.02 Å². The van der Waals surface area contributed by atoms with Gasteiger partial charge in [-0.15, -0.1) is 0 Å². The first-order chi connectivity index (χ1) is 10.0. The van der Waals surface area contributed by atoms with Crippen LogP contribution in [0.1, 0.15) is 30.7 Å². The van der Waals surface area contributed by atoms with Crippen LogP contribution in [0.3, 0.4) is 0 Å². The van der Waals surface area contributed by atoms with Crippen molar-refractivity contribution in [1.82, 2.24) is 4.90 Å². The number of carbonyl (C=O) groups excluding carboxylic acids is 1. The lowest BCUT2D eigenvalue weighted by Gasteiger charge is -2.21. The van der Waals surface area contributed by atoms with Gasteiger partial charge < -0.3 is 10.0 Å². The molecule has 1 aromatic carbocycles. The lowest BCUT2D eigenvalue weighted by molar-refractivity contribution is -0.148. The third-order valence-corrected chi connectivity index (χ3v) is 4.63. The fourth-order valence-electron chi connectivity index (χ4n) is 3.15. The minimum absolute atomic E-state index is 0.191. The smallest absolute Gasteiger partial charge is 0.326 e. The van der Waals surface area contributed by atoms with Gasteiger partial charge in [-0.05, 0) is 31.4 Å². The lowest BCUT2D eigenvalue weighted by Crippen LogP contribution is -2.41. The van der Waals surface area contributed by atoms with Crippen LogP contribution in [-0.4, -0.2) is 34.5 Å². The summed E-state index contributed by atoms with van der Waals surface area (Å²) in [4.78, 5) is 25.0. The molecule has 1 N–H and O–H groups in total. The van der Waals surface area contributed by atoms with E-state index in [0.29, 0.717) is 36.4 Å². The van der Waals surface area contributed by atoms with Crippen LogP contribution in [0.5, 0.6) is 0 Å². The van der Waals surface area contributed by atoms with E-state index in [1.807, 2.05) is 0 Å². The second kappa shape index (κ2) is 5.30. The molecule has 3 atom stereocenters. The number of benzene rings is 1. The van der Waals surface area contributed by atoms with E-state index in [9.17, 15) is 14.0 Å². The topological polar surface area (TPSA) is 57.6 Å². The Morgan fingerprint density at radius 3 is 2.81 bits per heavy atom. The van der Waals surface area contributed by atoms with Gasteiger partial charge in [-0.2, -0.15) is 0 Å². The number of carbonyl (C=O) groups is 2. The number of carboxylic acid groups (broad SMARTS) is 1. The van der Waals surface area contributed by atoms with Gasteiger partial charge >= 0.3 is 5.97 Å². The molecule has 4 nitrogen and oxygen atoms in total. The molecule has 0 bridgehead atoms. The number of nitrogens with zero attached hydrogens (tertiary/aromatic N) is 1. The van der Waals surface area contributed by atoms with Crippen LogP contribution in [0, 0.1) is 11.7 Å². The van der Waals surface area contributed by atoms with Crippen molar-refractivity contribution in [1.29, 1.82) is 0 Å². The molecule has 2 fully saturated rings. The Balaban J connectivity index is 1.76. The van der Waals surface area contributed by atoms with Crippen molar-refractivity contribution in [2.24, 2.45) is 5.92 Å². The highest BCUT2D eigenvalue weighted by Gasteiger charge is 2.50. The second-order valence-corrected chi connectivity index (χ2v) is 6.02. The molecule has 1 aliphatic heterocycles. The molecule has 0 aromatic heterocycles. The summed E-state index contributed by atoms with van der Waals surface area (Å²) >= 11 is 6.01. The molecule has 6 heteroatoms. The van der Waals surface area contributed by atoms with Gasteiger partial charge in [0.1, 0.15) is 11.9 Å². The van der Waals surface area contributed by atoms with E-state index in [0.717, 1.165) is 0 Å². The van der Waals surface area contributed by atoms with Gasteiger partial charge in [0.05, 0.1) is 0 Å². The van der Waals surface area contributed by atoms with Gasteiger partial charge in [0, 0.05) is 29.0 Å². The van der Waals surface area contributed by atoms with Crippen LogP contribution in [-0.2, 0) is 9.59 Å². The van der Waals surface area contributed by atoms with Crippen LogP contribution < -0.4 is 0 Å². The van der Waals surface area contributed by atoms with E-state index < -0.39 is 17.8 Å². The average Bonchev–Trinajstić information content (AvgIpc) is 3.03. The maximum Gasteiger partial charge on any atom is 0.326 e. The van der Waals surface area contributed by atoms with Gasteiger partial charge in [-0.25, -0.2) is 9.18 Å². The third kappa shape index (κ3) is 2.50. The standard InChI is InChI=1S/C15H15ClFNO3/c16-10-3-1-4-11(17)13(10)8-7-9(8)14(19)18-6-2-5-12(18)15(20)21/h1,3-4,8-9,12H,2,5-7H2,(H,20,21)/t8?,9?,12-/m1/s1. The molecule has 0 radical (unpaired) electrons. The summed E-state index contributed by atoms with van der Waals surface area (Å²) in [7, 11) is 0. The number of likely N-dealkylation sites (tertiary alicyclic amines) is 1. The molecule has 3 rings (SSSR count). The molecule has 1 aromatic rings. The summed E-state index contributed by atoms with van der Waals surface area (Å²) in [6.45, 7) is 0.462. The Hall–Kier alpha value is -1.62. The Labute approximate surface area is 126 Å². The van der Waals surface area contributed by atoms with Crippen molar-refractivity contribution in [3.63, 3.8) is 0 Å². The second-order valence-electron chi connectivity index (χ2n) is 5.61. The zero-order valence-electron chi connectivity index (χ0n) is 11.3. The number of amides is 1. The van der Waals surface area contributed by atoms with Crippen molar-refractivity contribution in [3.8, 4) is 0 Å². The molecule has 1 saturated heterocycles. The SMILES string of the molecule is O=C(O)[C@H]1CCCN1C(=O)C1CC1c1c(F)cccc1Cl. The van der Waals surface area contributed by atoms with E-state index >= 15 is 0 Å². The van der Waals surface area contributed by atoms with Crippen LogP contribution in [0.25, 0.3) is 0 Å². The highest BCUT2D eigenvalue weighted by atomic mass is 35.5. The molecule has 1 saturated carbocycles. The first kappa shape index (κ1) is 14.3. The Kier molecular flexibility index (Phi) is 3.61. The summed E-state index contributed by atoms with van der Waals surface area (Å²) in [5, 5.41) is 9.46. The Morgan fingerprint density at radius 2 is 2.14 bits per heavy atom. The minimum Gasteiger partial charge on any atom is -0.480 e. The van der Waals surface area contributed by atoms with E-state index in [4.69, 9.17) is 16.7 Å². The van der Waals surface area contributed by atoms with Gasteiger partial charge in [-0.3, -0.25) is 4.79 Å². The van der Waals surface area contributed by atoms with Gasteiger partial charge in [0.2, 0.25) is 5.91 Å². The predicted molar refractivity (Wildman–Crippen MR) is 74.6 cm³/mol. The molecular weight excluding hydrogens is 297 g/mol. The zero-order chi connectivity index (χ0) is 15.1. The maximum absolute atomic E-state index is 13.9. The molecule has 1 aliphatic carbocycles. The van der Waals surface area contributed by atoms with E-state index in [2.05, 4.69) is 0 Å². The van der Waals surface area contributed by atoms with E-state index in [-0.39, 0.29) is 17.7 Å². The molecule has 2 aliphatic rings. The van der Waals surface area contributed by atoms with Crippen LogP contribution in [0.4, 0.5) is 4.39 Å². The fourth-order valence-corrected chi connectivity index (χ4v) is 3.46. The summed E-state index contributed by atoms with van der Waals surface area (Å²) < 4.78 is 13.9. The molecule has 1 amide bonds. The van der Waals surface area contributed by atoms with Crippen molar-refractivity contribution in [2.45, 2.75) is 31.2 Å². The molecule has 0 spiro atoms. The van der Waals surface area contributed by atoms with Crippen molar-refractivity contribution < 1.29 is 19.1 Å². The number of hydrogen-bond acceptors (Lipinski definition) is 2. The normalized spacial score (nSPS) is 27.7. The predicted octanol–water partition coefficient (Wildman–Crippen LogP) is 2.66. The summed E-state index contributed by atoms with van der Waals surface area (Å²) in [6, 6.07) is 3.73. The summed E-state index contributed by atoms with van der Waals surface area (Å²) in [5.41, 5.74) is 0.378. The third-order valence-electron chi connectivity index (χ3n) is 4.30. The van der Waals surface area contributed by atoms with Gasteiger partial charge in [0.15, 0.2) is 0 Å². The summed E-state index contributed by atoms with van der Waals surface area (Å²) in [5.74, 6) is -2.15. The molecule has 1 heterocycles. The summed E-state index contributed by atoms with van der Waals surface area (Å²) in [6.07, 6.45) is 1.71. The maximum atomic E-state index is 13.9. The average molecular weight is 312 g/mol. The molecule has 21 heavy (non-hydrogen) atoms. The van der Waals surface area contributed by atoms with Crippen molar-refractivity contribution >= 4 is 23.5 Å². The first-order valence-electron chi connectivity index (χ1n) is 6.98. The quantitative estimate of drug-likeness (QED) is 0.933. The minimum atomic E-state index is -0.970. The number of halogens is 2. The first-order valence-corrected chi connectivity index (χ1v) is 7.35.